The molecule has 0 atom stereocenters. The van der Waals surface area contributed by atoms with Gasteiger partial charge >= 0.3 is 5.97 Å². The molecule has 1 aromatic heterocycles. The number of aryl methyl sites for hydroxylation is 1. The molecule has 7 nitrogen and oxygen atoms in total. The summed E-state index contributed by atoms with van der Waals surface area (Å²) in [6, 6.07) is 9.19. The van der Waals surface area contributed by atoms with Gasteiger partial charge in [0.05, 0.1) is 12.2 Å². The Labute approximate surface area is 157 Å². The van der Waals surface area contributed by atoms with Crippen LogP contribution in [0.15, 0.2) is 24.3 Å². The lowest BCUT2D eigenvalue weighted by atomic mass is 10.1. The molecule has 0 radical (unpaired) electrons. The molecule has 140 valence electrons. The number of esters is 1. The summed E-state index contributed by atoms with van der Waals surface area (Å²) >= 11 is 0. The Bertz CT molecular complexity index is 935. The van der Waals surface area contributed by atoms with Crippen LogP contribution >= 0.6 is 0 Å². The van der Waals surface area contributed by atoms with Crippen molar-refractivity contribution in [3.8, 4) is 11.8 Å². The number of carbonyl (C=O) groups is 3. The van der Waals surface area contributed by atoms with E-state index in [2.05, 4.69) is 0 Å². The zero-order valence-electron chi connectivity index (χ0n) is 16.0. The largest absolute Gasteiger partial charge is 0.461 e. The van der Waals surface area contributed by atoms with E-state index in [4.69, 9.17) is 4.74 Å². The standard InChI is InChI=1S/C20H21N3O4/c1-6-27-20(26)18-13(3)17(11-21)19(22(14(4)24)15(5)25)23(18)16-9-7-12(2)8-10-16/h7-10H,6H2,1-5H3. The molecule has 0 fully saturated rings. The van der Waals surface area contributed by atoms with Crippen LogP contribution in [0.1, 0.15) is 48.0 Å². The number of hydrogen-bond donors (Lipinski definition) is 0. The van der Waals surface area contributed by atoms with E-state index in [1.165, 1.54) is 18.4 Å². The Morgan fingerprint density at radius 3 is 2.11 bits per heavy atom. The Balaban J connectivity index is 2.97. The molecule has 0 aliphatic carbocycles. The third kappa shape index (κ3) is 3.60. The van der Waals surface area contributed by atoms with Crippen LogP contribution in [0.3, 0.4) is 0 Å². The molecule has 0 saturated heterocycles. The van der Waals surface area contributed by atoms with Crippen molar-refractivity contribution >= 4 is 23.6 Å². The number of nitrogens with zero attached hydrogens (tertiary/aromatic N) is 3. The van der Waals surface area contributed by atoms with Crippen LogP contribution in [0.5, 0.6) is 0 Å². The number of ether oxygens (including phenoxy) is 1. The first-order chi connectivity index (χ1) is 12.7. The number of anilines is 1. The molecule has 0 aliphatic heterocycles. The van der Waals surface area contributed by atoms with Crippen molar-refractivity contribution in [1.82, 2.24) is 4.57 Å². The molecule has 1 heterocycles. The van der Waals surface area contributed by atoms with E-state index in [1.54, 1.807) is 26.0 Å². The number of carbonyl (C=O) groups excluding carboxylic acids is 3. The quantitative estimate of drug-likeness (QED) is 0.775. The monoisotopic (exact) mass is 367 g/mol. The highest BCUT2D eigenvalue weighted by atomic mass is 16.5. The molecule has 0 spiro atoms. The van der Waals surface area contributed by atoms with Gasteiger partial charge in [0.25, 0.3) is 0 Å². The summed E-state index contributed by atoms with van der Waals surface area (Å²) in [5, 5.41) is 9.69. The molecule has 0 saturated carbocycles. The Kier molecular flexibility index (Phi) is 5.81. The van der Waals surface area contributed by atoms with Crippen molar-refractivity contribution in [1.29, 1.82) is 5.26 Å². The number of rotatable bonds is 4. The molecule has 0 unspecified atom stereocenters. The lowest BCUT2D eigenvalue weighted by Crippen LogP contribution is -2.35. The van der Waals surface area contributed by atoms with Crippen molar-refractivity contribution in [3.63, 3.8) is 0 Å². The maximum atomic E-state index is 12.6. The minimum Gasteiger partial charge on any atom is -0.461 e. The summed E-state index contributed by atoms with van der Waals surface area (Å²) in [5.74, 6) is -1.70. The lowest BCUT2D eigenvalue weighted by molar-refractivity contribution is -0.124. The average Bonchev–Trinajstić information content (AvgIpc) is 2.87. The van der Waals surface area contributed by atoms with Crippen molar-refractivity contribution in [2.75, 3.05) is 11.5 Å². The summed E-state index contributed by atoms with van der Waals surface area (Å²) in [4.78, 5) is 37.9. The van der Waals surface area contributed by atoms with Gasteiger partial charge in [0.15, 0.2) is 0 Å². The molecule has 0 bridgehead atoms. The van der Waals surface area contributed by atoms with Crippen molar-refractivity contribution in [2.45, 2.75) is 34.6 Å². The van der Waals surface area contributed by atoms with E-state index in [1.807, 2.05) is 25.1 Å². The van der Waals surface area contributed by atoms with Gasteiger partial charge in [-0.25, -0.2) is 9.69 Å². The molecule has 1 aromatic carbocycles. The zero-order valence-corrected chi connectivity index (χ0v) is 16.0. The van der Waals surface area contributed by atoms with Crippen LogP contribution < -0.4 is 4.90 Å². The number of aromatic nitrogens is 1. The van der Waals surface area contributed by atoms with Gasteiger partial charge in [-0.3, -0.25) is 14.2 Å². The summed E-state index contributed by atoms with van der Waals surface area (Å²) in [7, 11) is 0. The van der Waals surface area contributed by atoms with E-state index in [0.717, 1.165) is 10.5 Å². The van der Waals surface area contributed by atoms with Gasteiger partial charge in [-0.15, -0.1) is 0 Å². The van der Waals surface area contributed by atoms with Crippen LogP contribution in [0.4, 0.5) is 5.82 Å². The highest BCUT2D eigenvalue weighted by molar-refractivity contribution is 6.14. The molecule has 2 amide bonds. The van der Waals surface area contributed by atoms with E-state index in [0.29, 0.717) is 11.3 Å². The predicted molar refractivity (Wildman–Crippen MR) is 99.8 cm³/mol. The van der Waals surface area contributed by atoms with Crippen molar-refractivity contribution < 1.29 is 19.1 Å². The molecule has 2 aromatic rings. The van der Waals surface area contributed by atoms with Crippen LogP contribution in [0, 0.1) is 25.2 Å². The fraction of sp³-hybridized carbons (Fsp3) is 0.300. The highest BCUT2D eigenvalue weighted by Gasteiger charge is 2.32. The van der Waals surface area contributed by atoms with Gasteiger partial charge in [0, 0.05) is 25.1 Å². The molecule has 0 N–H and O–H groups in total. The fourth-order valence-electron chi connectivity index (χ4n) is 2.93. The van der Waals surface area contributed by atoms with Gasteiger partial charge in [-0.05, 0) is 32.9 Å². The molecular weight excluding hydrogens is 346 g/mol. The molecule has 27 heavy (non-hydrogen) atoms. The minimum absolute atomic E-state index is 0.0434. The first-order valence-electron chi connectivity index (χ1n) is 8.45. The highest BCUT2D eigenvalue weighted by Crippen LogP contribution is 2.34. The average molecular weight is 367 g/mol. The third-order valence-electron chi connectivity index (χ3n) is 4.10. The Hall–Kier alpha value is -3.40. The van der Waals surface area contributed by atoms with Gasteiger partial charge < -0.3 is 4.74 Å². The van der Waals surface area contributed by atoms with Gasteiger partial charge in [0.2, 0.25) is 11.8 Å². The first-order valence-corrected chi connectivity index (χ1v) is 8.45. The van der Waals surface area contributed by atoms with Crippen LogP contribution in [0.2, 0.25) is 0 Å². The number of nitriles is 1. The van der Waals surface area contributed by atoms with Gasteiger partial charge in [-0.2, -0.15) is 5.26 Å². The summed E-state index contributed by atoms with van der Waals surface area (Å²) in [5.41, 5.74) is 2.07. The second-order valence-electron chi connectivity index (χ2n) is 6.05. The number of amides is 2. The Morgan fingerprint density at radius 1 is 1.11 bits per heavy atom. The summed E-state index contributed by atoms with van der Waals surface area (Å²) in [6.07, 6.45) is 0. The summed E-state index contributed by atoms with van der Waals surface area (Å²) < 4.78 is 6.59. The number of hydrogen-bond acceptors (Lipinski definition) is 5. The lowest BCUT2D eigenvalue weighted by Gasteiger charge is -2.21. The van der Waals surface area contributed by atoms with E-state index < -0.39 is 17.8 Å². The second-order valence-corrected chi connectivity index (χ2v) is 6.05. The Morgan fingerprint density at radius 2 is 1.67 bits per heavy atom. The van der Waals surface area contributed by atoms with Crippen LogP contribution in [-0.2, 0) is 14.3 Å². The SMILES string of the molecule is CCOC(=O)c1c(C)c(C#N)c(N(C(C)=O)C(C)=O)n1-c1ccc(C)cc1. The summed E-state index contributed by atoms with van der Waals surface area (Å²) in [6.45, 7) is 7.80. The maximum absolute atomic E-state index is 12.6. The normalized spacial score (nSPS) is 10.2. The second kappa shape index (κ2) is 7.87. The van der Waals surface area contributed by atoms with E-state index in [9.17, 15) is 19.6 Å². The fourth-order valence-corrected chi connectivity index (χ4v) is 2.93. The first kappa shape index (κ1) is 19.9. The predicted octanol–water partition coefficient (Wildman–Crippen LogP) is 3.04. The van der Waals surface area contributed by atoms with Crippen LogP contribution in [-0.4, -0.2) is 29.0 Å². The molecule has 7 heteroatoms. The van der Waals surface area contributed by atoms with E-state index in [-0.39, 0.29) is 23.7 Å². The van der Waals surface area contributed by atoms with Crippen LogP contribution in [0.25, 0.3) is 5.69 Å². The minimum atomic E-state index is -0.634. The molecule has 2 rings (SSSR count). The van der Waals surface area contributed by atoms with Gasteiger partial charge in [-0.1, -0.05) is 17.7 Å². The van der Waals surface area contributed by atoms with Gasteiger partial charge in [0.1, 0.15) is 17.6 Å². The smallest absolute Gasteiger partial charge is 0.355 e. The van der Waals surface area contributed by atoms with Crippen molar-refractivity contribution in [3.05, 3.63) is 46.6 Å². The maximum Gasteiger partial charge on any atom is 0.355 e. The van der Waals surface area contributed by atoms with Crippen molar-refractivity contribution in [2.24, 2.45) is 0 Å². The molecule has 0 aliphatic rings. The van der Waals surface area contributed by atoms with E-state index >= 15 is 0 Å². The zero-order chi connectivity index (χ0) is 20.3. The topological polar surface area (TPSA) is 92.4 Å². The molecular formula is C20H21N3O4. The number of benzene rings is 1. The number of imide groups is 1. The third-order valence-corrected chi connectivity index (χ3v) is 4.10.